The van der Waals surface area contributed by atoms with Crippen LogP contribution in [0.4, 0.5) is 10.1 Å². The van der Waals surface area contributed by atoms with Gasteiger partial charge in [-0.2, -0.15) is 0 Å². The number of amides is 1. The number of hydrogen-bond acceptors (Lipinski definition) is 4. The molecule has 0 heterocycles. The van der Waals surface area contributed by atoms with Gasteiger partial charge in [-0.1, -0.05) is 42.5 Å². The van der Waals surface area contributed by atoms with Gasteiger partial charge in [-0.25, -0.2) is 12.8 Å². The van der Waals surface area contributed by atoms with E-state index < -0.39 is 22.5 Å². The molecule has 0 aliphatic carbocycles. The Morgan fingerprint density at radius 1 is 0.967 bits per heavy atom. The van der Waals surface area contributed by atoms with E-state index in [1.165, 1.54) is 12.1 Å². The number of nitrogens with one attached hydrogen (secondary N) is 1. The van der Waals surface area contributed by atoms with Gasteiger partial charge in [0.1, 0.15) is 18.1 Å². The maximum atomic E-state index is 13.0. The van der Waals surface area contributed by atoms with Crippen LogP contribution in [0.3, 0.4) is 0 Å². The minimum Gasteiger partial charge on any atom is -0.455 e. The molecular formula is C22H21FN2O4S. The van der Waals surface area contributed by atoms with Gasteiger partial charge in [0.05, 0.1) is 11.9 Å². The topological polar surface area (TPSA) is 75.7 Å². The van der Waals surface area contributed by atoms with Crippen LogP contribution in [0, 0.1) is 5.82 Å². The second-order valence-corrected chi connectivity index (χ2v) is 8.46. The van der Waals surface area contributed by atoms with Crippen molar-refractivity contribution in [3.05, 3.63) is 90.2 Å². The first-order chi connectivity index (χ1) is 14.3. The fourth-order valence-corrected chi connectivity index (χ4v) is 3.60. The molecule has 3 aromatic rings. The maximum Gasteiger partial charge on any atom is 0.241 e. The lowest BCUT2D eigenvalue weighted by atomic mass is 10.2. The molecule has 0 bridgehead atoms. The Morgan fingerprint density at radius 2 is 1.60 bits per heavy atom. The Balaban J connectivity index is 1.78. The van der Waals surface area contributed by atoms with Gasteiger partial charge in [0, 0.05) is 6.54 Å². The zero-order chi connectivity index (χ0) is 21.6. The van der Waals surface area contributed by atoms with Crippen molar-refractivity contribution >= 4 is 21.6 Å². The third-order valence-corrected chi connectivity index (χ3v) is 5.32. The van der Waals surface area contributed by atoms with Crippen LogP contribution >= 0.6 is 0 Å². The lowest BCUT2D eigenvalue weighted by Gasteiger charge is -2.24. The van der Waals surface area contributed by atoms with E-state index in [9.17, 15) is 17.6 Å². The first kappa shape index (κ1) is 21.3. The van der Waals surface area contributed by atoms with Crippen molar-refractivity contribution in [1.82, 2.24) is 5.32 Å². The van der Waals surface area contributed by atoms with E-state index in [1.807, 2.05) is 6.07 Å². The van der Waals surface area contributed by atoms with Gasteiger partial charge in [-0.15, -0.1) is 0 Å². The molecule has 0 saturated carbocycles. The van der Waals surface area contributed by atoms with E-state index in [4.69, 9.17) is 4.74 Å². The van der Waals surface area contributed by atoms with E-state index in [-0.39, 0.29) is 18.0 Å². The van der Waals surface area contributed by atoms with Crippen LogP contribution in [-0.2, 0) is 21.4 Å². The van der Waals surface area contributed by atoms with Crippen molar-refractivity contribution in [2.24, 2.45) is 0 Å². The molecule has 3 rings (SSSR count). The molecule has 1 amide bonds. The van der Waals surface area contributed by atoms with E-state index in [0.29, 0.717) is 17.1 Å². The molecule has 0 atom stereocenters. The molecular weight excluding hydrogens is 407 g/mol. The monoisotopic (exact) mass is 428 g/mol. The number of ether oxygens (including phenoxy) is 1. The molecule has 0 fully saturated rings. The summed E-state index contributed by atoms with van der Waals surface area (Å²) in [4.78, 5) is 12.5. The molecule has 0 unspecified atom stereocenters. The highest BCUT2D eigenvalue weighted by atomic mass is 32.2. The van der Waals surface area contributed by atoms with Gasteiger partial charge in [0.25, 0.3) is 0 Å². The summed E-state index contributed by atoms with van der Waals surface area (Å²) >= 11 is 0. The number of anilines is 1. The van der Waals surface area contributed by atoms with Gasteiger partial charge in [0.15, 0.2) is 5.75 Å². The normalized spacial score (nSPS) is 11.0. The van der Waals surface area contributed by atoms with Crippen molar-refractivity contribution in [2.45, 2.75) is 6.54 Å². The number of benzene rings is 3. The van der Waals surface area contributed by atoms with Gasteiger partial charge < -0.3 is 10.1 Å². The quantitative estimate of drug-likeness (QED) is 0.594. The first-order valence-electron chi connectivity index (χ1n) is 9.14. The predicted octanol–water partition coefficient (Wildman–Crippen LogP) is 3.70. The van der Waals surface area contributed by atoms with E-state index in [2.05, 4.69) is 5.32 Å². The van der Waals surface area contributed by atoms with Gasteiger partial charge in [0.2, 0.25) is 15.9 Å². The van der Waals surface area contributed by atoms with Crippen molar-refractivity contribution in [3.8, 4) is 11.5 Å². The third-order valence-electron chi connectivity index (χ3n) is 4.20. The Labute approximate surface area is 175 Å². The summed E-state index contributed by atoms with van der Waals surface area (Å²) in [6.07, 6.45) is 1.03. The largest absolute Gasteiger partial charge is 0.455 e. The Morgan fingerprint density at radius 3 is 2.27 bits per heavy atom. The summed E-state index contributed by atoms with van der Waals surface area (Å²) in [5.41, 5.74) is 0.948. The predicted molar refractivity (Wildman–Crippen MR) is 113 cm³/mol. The Bertz CT molecular complexity index is 1100. The highest BCUT2D eigenvalue weighted by Crippen LogP contribution is 2.33. The summed E-state index contributed by atoms with van der Waals surface area (Å²) in [6, 6.07) is 21.2. The lowest BCUT2D eigenvalue weighted by Crippen LogP contribution is -2.40. The first-order valence-corrected chi connectivity index (χ1v) is 11.0. The molecule has 30 heavy (non-hydrogen) atoms. The summed E-state index contributed by atoms with van der Waals surface area (Å²) in [7, 11) is -3.77. The SMILES string of the molecule is CS(=O)(=O)N(CC(=O)NCc1ccc(F)cc1)c1ccccc1Oc1ccccc1. The number of halogens is 1. The van der Waals surface area contributed by atoms with Crippen molar-refractivity contribution in [2.75, 3.05) is 17.1 Å². The molecule has 6 nitrogen and oxygen atoms in total. The number of hydrogen-bond donors (Lipinski definition) is 1. The minimum absolute atomic E-state index is 0.152. The number of nitrogens with zero attached hydrogens (tertiary/aromatic N) is 1. The van der Waals surface area contributed by atoms with Crippen LogP contribution in [0.2, 0.25) is 0 Å². The Kier molecular flexibility index (Phi) is 6.68. The molecule has 0 radical (unpaired) electrons. The summed E-state index contributed by atoms with van der Waals surface area (Å²) in [5, 5.41) is 2.65. The summed E-state index contributed by atoms with van der Waals surface area (Å²) in [6.45, 7) is -0.270. The van der Waals surface area contributed by atoms with Crippen LogP contribution in [0.25, 0.3) is 0 Å². The number of para-hydroxylation sites is 3. The number of rotatable bonds is 8. The van der Waals surface area contributed by atoms with Crippen LogP contribution < -0.4 is 14.4 Å². The van der Waals surface area contributed by atoms with Crippen molar-refractivity contribution < 1.29 is 22.3 Å². The van der Waals surface area contributed by atoms with Gasteiger partial charge >= 0.3 is 0 Å². The van der Waals surface area contributed by atoms with Crippen LogP contribution in [0.5, 0.6) is 11.5 Å². The maximum absolute atomic E-state index is 13.0. The van der Waals surface area contributed by atoms with Gasteiger partial charge in [-0.05, 0) is 42.0 Å². The summed E-state index contributed by atoms with van der Waals surface area (Å²) < 4.78 is 44.7. The van der Waals surface area contributed by atoms with Crippen LogP contribution in [0.1, 0.15) is 5.56 Å². The standard InChI is InChI=1S/C22H21FN2O4S/c1-30(27,28)25(16-22(26)24-15-17-11-13-18(23)14-12-17)20-9-5-6-10-21(20)29-19-7-3-2-4-8-19/h2-14H,15-16H2,1H3,(H,24,26). The highest BCUT2D eigenvalue weighted by molar-refractivity contribution is 7.92. The molecule has 156 valence electrons. The fraction of sp³-hybridized carbons (Fsp3) is 0.136. The molecule has 0 spiro atoms. The number of sulfonamides is 1. The van der Waals surface area contributed by atoms with Crippen molar-refractivity contribution in [1.29, 1.82) is 0 Å². The van der Waals surface area contributed by atoms with Gasteiger partial charge in [-0.3, -0.25) is 9.10 Å². The average Bonchev–Trinajstić information content (AvgIpc) is 2.72. The molecule has 3 aromatic carbocycles. The molecule has 1 N–H and O–H groups in total. The van der Waals surface area contributed by atoms with Crippen LogP contribution in [-0.4, -0.2) is 27.1 Å². The Hall–Kier alpha value is -3.39. The van der Waals surface area contributed by atoms with E-state index in [0.717, 1.165) is 10.6 Å². The highest BCUT2D eigenvalue weighted by Gasteiger charge is 2.24. The lowest BCUT2D eigenvalue weighted by molar-refractivity contribution is -0.119. The number of carbonyl (C=O) groups is 1. The second-order valence-electron chi connectivity index (χ2n) is 6.56. The van der Waals surface area contributed by atoms with E-state index >= 15 is 0 Å². The average molecular weight is 428 g/mol. The van der Waals surface area contributed by atoms with E-state index in [1.54, 1.807) is 60.7 Å². The fourth-order valence-electron chi connectivity index (χ4n) is 2.74. The zero-order valence-corrected chi connectivity index (χ0v) is 17.1. The molecule has 0 aromatic heterocycles. The molecule has 0 saturated heterocycles. The third kappa shape index (κ3) is 5.81. The minimum atomic E-state index is -3.77. The second kappa shape index (κ2) is 9.41. The zero-order valence-electron chi connectivity index (χ0n) is 16.3. The van der Waals surface area contributed by atoms with Crippen LogP contribution in [0.15, 0.2) is 78.9 Å². The summed E-state index contributed by atoms with van der Waals surface area (Å²) in [5.74, 6) is -0.0257. The molecule has 0 aliphatic heterocycles. The molecule has 8 heteroatoms. The van der Waals surface area contributed by atoms with Crippen molar-refractivity contribution in [3.63, 3.8) is 0 Å². The number of carbonyl (C=O) groups excluding carboxylic acids is 1. The smallest absolute Gasteiger partial charge is 0.241 e. The molecule has 0 aliphatic rings.